The lowest BCUT2D eigenvalue weighted by atomic mass is 10.1. The van der Waals surface area contributed by atoms with Crippen LogP contribution in [0, 0.1) is 0 Å². The summed E-state index contributed by atoms with van der Waals surface area (Å²) in [6.07, 6.45) is 1.12. The predicted octanol–water partition coefficient (Wildman–Crippen LogP) is 3.22. The van der Waals surface area contributed by atoms with Gasteiger partial charge in [-0.05, 0) is 37.1 Å². The fourth-order valence-electron chi connectivity index (χ4n) is 2.55. The summed E-state index contributed by atoms with van der Waals surface area (Å²) in [6.45, 7) is 0. The van der Waals surface area contributed by atoms with Gasteiger partial charge in [0.1, 0.15) is 0 Å². The number of carbonyl (C=O) groups is 4. The van der Waals surface area contributed by atoms with E-state index in [-0.39, 0.29) is 47.2 Å². The van der Waals surface area contributed by atoms with Gasteiger partial charge in [0.2, 0.25) is 11.8 Å². The summed E-state index contributed by atoms with van der Waals surface area (Å²) < 4.78 is 0. The van der Waals surface area contributed by atoms with Crippen molar-refractivity contribution >= 4 is 35.1 Å². The topological polar surface area (TPSA) is 133 Å². The lowest BCUT2D eigenvalue weighted by molar-refractivity contribution is -0.118. The fourth-order valence-corrected chi connectivity index (χ4v) is 2.55. The molecule has 0 radical (unpaired) electrons. The van der Waals surface area contributed by atoms with Crippen molar-refractivity contribution in [2.24, 2.45) is 0 Å². The Bertz CT molecular complexity index is 820. The lowest BCUT2D eigenvalue weighted by Crippen LogP contribution is -2.16. The first-order valence-corrected chi connectivity index (χ1v) is 8.63. The van der Waals surface area contributed by atoms with Crippen molar-refractivity contribution in [2.75, 3.05) is 10.6 Å². The molecule has 0 heterocycles. The van der Waals surface area contributed by atoms with E-state index in [0.717, 1.165) is 0 Å². The Hall–Kier alpha value is -3.68. The second kappa shape index (κ2) is 9.86. The summed E-state index contributed by atoms with van der Waals surface area (Å²) in [5.41, 5.74) is 0.464. The maximum absolute atomic E-state index is 12.0. The Morgan fingerprint density at radius 2 is 1.00 bits per heavy atom. The van der Waals surface area contributed by atoms with Crippen molar-refractivity contribution in [2.45, 2.75) is 25.7 Å². The van der Waals surface area contributed by atoms with Gasteiger partial charge in [0.05, 0.1) is 22.5 Å². The second-order valence-corrected chi connectivity index (χ2v) is 6.00. The molecule has 0 aromatic heterocycles. The molecule has 2 aromatic rings. The third-order valence-electron chi connectivity index (χ3n) is 3.92. The average Bonchev–Trinajstić information content (AvgIpc) is 2.65. The SMILES string of the molecule is O=C(CCCCC(=O)Nc1ccccc1C(=O)O)Nc1ccccc1C(=O)O. The quantitative estimate of drug-likeness (QED) is 0.491. The number of nitrogens with one attached hydrogen (secondary N) is 2. The monoisotopic (exact) mass is 384 g/mol. The number of carboxylic acid groups (broad SMARTS) is 2. The molecule has 0 aliphatic rings. The normalized spacial score (nSPS) is 10.1. The second-order valence-electron chi connectivity index (χ2n) is 6.00. The smallest absolute Gasteiger partial charge is 0.337 e. The van der Waals surface area contributed by atoms with E-state index in [1.165, 1.54) is 24.3 Å². The van der Waals surface area contributed by atoms with Gasteiger partial charge in [-0.25, -0.2) is 9.59 Å². The van der Waals surface area contributed by atoms with E-state index in [4.69, 9.17) is 10.2 Å². The first-order chi connectivity index (χ1) is 13.4. The van der Waals surface area contributed by atoms with Gasteiger partial charge in [0.15, 0.2) is 0 Å². The number of aromatic carboxylic acids is 2. The molecule has 0 aliphatic heterocycles. The number of unbranched alkanes of at least 4 members (excludes halogenated alkanes) is 1. The summed E-state index contributed by atoms with van der Waals surface area (Å²) in [5, 5.41) is 23.3. The molecule has 2 aromatic carbocycles. The first-order valence-electron chi connectivity index (χ1n) is 8.63. The van der Waals surface area contributed by atoms with Gasteiger partial charge >= 0.3 is 11.9 Å². The number of anilines is 2. The van der Waals surface area contributed by atoms with Gasteiger partial charge in [-0.15, -0.1) is 0 Å². The summed E-state index contributed by atoms with van der Waals surface area (Å²) in [7, 11) is 0. The van der Waals surface area contributed by atoms with E-state index in [1.807, 2.05) is 0 Å². The highest BCUT2D eigenvalue weighted by Gasteiger charge is 2.13. The van der Waals surface area contributed by atoms with Crippen LogP contribution in [0.3, 0.4) is 0 Å². The molecule has 4 N–H and O–H groups in total. The van der Waals surface area contributed by atoms with Crippen LogP contribution in [0.5, 0.6) is 0 Å². The van der Waals surface area contributed by atoms with Gasteiger partial charge in [-0.1, -0.05) is 24.3 Å². The summed E-state index contributed by atoms with van der Waals surface area (Å²) in [4.78, 5) is 46.2. The minimum atomic E-state index is -1.13. The molecule has 0 fully saturated rings. The molecule has 0 atom stereocenters. The van der Waals surface area contributed by atoms with Crippen molar-refractivity contribution in [3.05, 3.63) is 59.7 Å². The number of hydrogen-bond donors (Lipinski definition) is 4. The summed E-state index contributed by atoms with van der Waals surface area (Å²) in [6, 6.07) is 12.2. The zero-order valence-corrected chi connectivity index (χ0v) is 15.0. The van der Waals surface area contributed by atoms with Crippen LogP contribution < -0.4 is 10.6 Å². The Morgan fingerprint density at radius 1 is 0.643 bits per heavy atom. The molecule has 8 heteroatoms. The maximum atomic E-state index is 12.0. The van der Waals surface area contributed by atoms with E-state index in [1.54, 1.807) is 24.3 Å². The number of hydrogen-bond acceptors (Lipinski definition) is 4. The van der Waals surface area contributed by atoms with Gasteiger partial charge in [0.25, 0.3) is 0 Å². The Balaban J connectivity index is 1.77. The third kappa shape index (κ3) is 5.94. The van der Waals surface area contributed by atoms with Crippen LogP contribution in [0.15, 0.2) is 48.5 Å². The van der Waals surface area contributed by atoms with Crippen molar-refractivity contribution < 1.29 is 29.4 Å². The molecule has 0 aliphatic carbocycles. The third-order valence-corrected chi connectivity index (χ3v) is 3.92. The van der Waals surface area contributed by atoms with Gasteiger partial charge in [0, 0.05) is 12.8 Å². The van der Waals surface area contributed by atoms with E-state index in [9.17, 15) is 19.2 Å². The van der Waals surface area contributed by atoms with Crippen molar-refractivity contribution in [1.29, 1.82) is 0 Å². The highest BCUT2D eigenvalue weighted by Crippen LogP contribution is 2.17. The zero-order chi connectivity index (χ0) is 20.5. The molecule has 0 unspecified atom stereocenters. The van der Waals surface area contributed by atoms with Gasteiger partial charge in [-0.3, -0.25) is 9.59 Å². The van der Waals surface area contributed by atoms with Crippen LogP contribution >= 0.6 is 0 Å². The Kier molecular flexibility index (Phi) is 7.27. The number of amides is 2. The molecule has 2 rings (SSSR count). The zero-order valence-electron chi connectivity index (χ0n) is 15.0. The summed E-state index contributed by atoms with van der Waals surface area (Å²) >= 11 is 0. The molecule has 0 bridgehead atoms. The van der Waals surface area contributed by atoms with Gasteiger partial charge in [-0.2, -0.15) is 0 Å². The minimum Gasteiger partial charge on any atom is -0.478 e. The van der Waals surface area contributed by atoms with Crippen LogP contribution in [0.2, 0.25) is 0 Å². The van der Waals surface area contributed by atoms with Crippen molar-refractivity contribution in [3.63, 3.8) is 0 Å². The molecule has 2 amide bonds. The van der Waals surface area contributed by atoms with E-state index >= 15 is 0 Å². The molecule has 0 spiro atoms. The number of carboxylic acids is 2. The fraction of sp³-hybridized carbons (Fsp3) is 0.200. The minimum absolute atomic E-state index is 0.00678. The van der Waals surface area contributed by atoms with Crippen molar-refractivity contribution in [3.8, 4) is 0 Å². The molecular formula is C20H20N2O6. The highest BCUT2D eigenvalue weighted by molar-refractivity contribution is 6.01. The number of benzene rings is 2. The number of carbonyl (C=O) groups excluding carboxylic acids is 2. The standard InChI is InChI=1S/C20H20N2O6/c23-17(21-15-9-3-1-7-13(15)19(25)26)11-5-6-12-18(24)22-16-10-4-2-8-14(16)20(27)28/h1-4,7-10H,5-6,11-12H2,(H,21,23)(H,22,24)(H,25,26)(H,27,28). The van der Waals surface area contributed by atoms with Crippen LogP contribution in [0.4, 0.5) is 11.4 Å². The average molecular weight is 384 g/mol. The summed E-state index contributed by atoms with van der Waals surface area (Å²) in [5.74, 6) is -2.95. The highest BCUT2D eigenvalue weighted by atomic mass is 16.4. The number of rotatable bonds is 9. The molecular weight excluding hydrogens is 364 g/mol. The number of para-hydroxylation sites is 2. The predicted molar refractivity (Wildman–Crippen MR) is 103 cm³/mol. The van der Waals surface area contributed by atoms with E-state index < -0.39 is 11.9 Å². The molecule has 146 valence electrons. The van der Waals surface area contributed by atoms with Crippen LogP contribution in [0.25, 0.3) is 0 Å². The maximum Gasteiger partial charge on any atom is 0.337 e. The first kappa shape index (κ1) is 20.6. The Labute approximate surface area is 161 Å². The molecule has 8 nitrogen and oxygen atoms in total. The molecule has 0 saturated carbocycles. The Morgan fingerprint density at radius 3 is 1.36 bits per heavy atom. The van der Waals surface area contributed by atoms with Crippen LogP contribution in [-0.2, 0) is 9.59 Å². The molecule has 0 saturated heterocycles. The largest absolute Gasteiger partial charge is 0.478 e. The van der Waals surface area contributed by atoms with Crippen LogP contribution in [0.1, 0.15) is 46.4 Å². The van der Waals surface area contributed by atoms with Crippen molar-refractivity contribution in [1.82, 2.24) is 0 Å². The molecule has 28 heavy (non-hydrogen) atoms. The van der Waals surface area contributed by atoms with E-state index in [0.29, 0.717) is 12.8 Å². The lowest BCUT2D eigenvalue weighted by Gasteiger charge is -2.09. The van der Waals surface area contributed by atoms with Gasteiger partial charge < -0.3 is 20.8 Å². The van der Waals surface area contributed by atoms with Crippen LogP contribution in [-0.4, -0.2) is 34.0 Å². The van der Waals surface area contributed by atoms with E-state index in [2.05, 4.69) is 10.6 Å².